The van der Waals surface area contributed by atoms with Crippen molar-refractivity contribution in [2.24, 2.45) is 0 Å². The third kappa shape index (κ3) is 4.11. The molecule has 0 N–H and O–H groups in total. The molecule has 140 valence electrons. The van der Waals surface area contributed by atoms with Gasteiger partial charge in [0.2, 0.25) is 0 Å². The average Bonchev–Trinajstić information content (AvgIpc) is 3.08. The van der Waals surface area contributed by atoms with E-state index in [1.807, 2.05) is 31.2 Å². The Labute approximate surface area is 158 Å². The van der Waals surface area contributed by atoms with Gasteiger partial charge in [-0.1, -0.05) is 12.1 Å². The lowest BCUT2D eigenvalue weighted by molar-refractivity contribution is -0.135. The van der Waals surface area contributed by atoms with Crippen molar-refractivity contribution in [2.75, 3.05) is 13.7 Å². The van der Waals surface area contributed by atoms with Crippen LogP contribution in [-0.2, 0) is 9.53 Å². The molecule has 1 heterocycles. The van der Waals surface area contributed by atoms with Gasteiger partial charge in [-0.2, -0.15) is 0 Å². The number of thiazole rings is 1. The van der Waals surface area contributed by atoms with Crippen molar-refractivity contribution >= 4 is 33.4 Å². The summed E-state index contributed by atoms with van der Waals surface area (Å²) in [4.78, 5) is 30.1. The van der Waals surface area contributed by atoms with Crippen molar-refractivity contribution in [3.63, 3.8) is 0 Å². The maximum Gasteiger partial charge on any atom is 0.341 e. The van der Waals surface area contributed by atoms with Crippen LogP contribution in [0.5, 0.6) is 0 Å². The molecule has 2 aromatic carbocycles. The number of aromatic nitrogens is 1. The lowest BCUT2D eigenvalue weighted by atomic mass is 10.2. The Morgan fingerprint density at radius 1 is 1.22 bits per heavy atom. The fourth-order valence-corrected chi connectivity index (χ4v) is 3.48. The molecule has 0 unspecified atom stereocenters. The second kappa shape index (κ2) is 7.79. The highest BCUT2D eigenvalue weighted by molar-refractivity contribution is 7.18. The Balaban J connectivity index is 1.63. The molecule has 1 amide bonds. The normalized spacial score (nSPS) is 12.0. The standard InChI is InChI=1S/C19H16F2N2O3S/c1-11(18-22-15-5-3-4-6-16(15)27-18)23(2)17(24)10-26-19(25)13-8-7-12(20)9-14(13)21/h3-9,11H,10H2,1-2H3/t11-/m0/s1. The molecule has 0 aliphatic heterocycles. The number of fused-ring (bicyclic) bond motifs is 1. The first-order chi connectivity index (χ1) is 12.9. The van der Waals surface area contributed by atoms with Crippen LogP contribution in [0.1, 0.15) is 28.3 Å². The van der Waals surface area contributed by atoms with Crippen LogP contribution in [0, 0.1) is 11.6 Å². The molecule has 1 atom stereocenters. The Morgan fingerprint density at radius 3 is 2.67 bits per heavy atom. The number of hydrogen-bond donors (Lipinski definition) is 0. The molecule has 27 heavy (non-hydrogen) atoms. The predicted octanol–water partition coefficient (Wildman–Crippen LogP) is 3.95. The quantitative estimate of drug-likeness (QED) is 0.619. The van der Waals surface area contributed by atoms with Crippen LogP contribution >= 0.6 is 11.3 Å². The van der Waals surface area contributed by atoms with E-state index in [4.69, 9.17) is 4.74 Å². The van der Waals surface area contributed by atoms with Crippen molar-refractivity contribution in [3.8, 4) is 0 Å². The Morgan fingerprint density at radius 2 is 1.96 bits per heavy atom. The Bertz CT molecular complexity index is 973. The number of rotatable bonds is 5. The van der Waals surface area contributed by atoms with Crippen molar-refractivity contribution in [2.45, 2.75) is 13.0 Å². The van der Waals surface area contributed by atoms with Gasteiger partial charge in [-0.3, -0.25) is 4.79 Å². The van der Waals surface area contributed by atoms with Crippen LogP contribution in [0.4, 0.5) is 8.78 Å². The maximum atomic E-state index is 13.6. The highest BCUT2D eigenvalue weighted by atomic mass is 32.1. The van der Waals surface area contributed by atoms with Gasteiger partial charge in [-0.15, -0.1) is 11.3 Å². The summed E-state index contributed by atoms with van der Waals surface area (Å²) >= 11 is 1.48. The number of carbonyl (C=O) groups is 2. The minimum absolute atomic E-state index is 0.323. The van der Waals surface area contributed by atoms with Gasteiger partial charge in [0, 0.05) is 13.1 Å². The first kappa shape index (κ1) is 18.9. The fraction of sp³-hybridized carbons (Fsp3) is 0.211. The number of esters is 1. The van der Waals surface area contributed by atoms with Gasteiger partial charge in [0.25, 0.3) is 5.91 Å². The van der Waals surface area contributed by atoms with E-state index < -0.39 is 35.7 Å². The molecule has 0 saturated carbocycles. The molecule has 0 aliphatic rings. The van der Waals surface area contributed by atoms with E-state index in [-0.39, 0.29) is 6.04 Å². The van der Waals surface area contributed by atoms with Crippen LogP contribution in [-0.4, -0.2) is 35.4 Å². The minimum atomic E-state index is -1.04. The third-order valence-electron chi connectivity index (χ3n) is 4.12. The molecule has 8 heteroatoms. The highest BCUT2D eigenvalue weighted by Crippen LogP contribution is 2.28. The van der Waals surface area contributed by atoms with E-state index in [0.717, 1.165) is 27.4 Å². The topological polar surface area (TPSA) is 59.5 Å². The number of likely N-dealkylation sites (N-methyl/N-ethyl adjacent to an activating group) is 1. The number of para-hydroxylation sites is 1. The molecule has 1 aromatic heterocycles. The third-order valence-corrected chi connectivity index (χ3v) is 5.33. The number of benzene rings is 2. The molecule has 3 rings (SSSR count). The molecule has 0 saturated heterocycles. The minimum Gasteiger partial charge on any atom is -0.452 e. The second-order valence-corrected chi connectivity index (χ2v) is 6.96. The van der Waals surface area contributed by atoms with Gasteiger partial charge in [0.1, 0.15) is 16.6 Å². The second-order valence-electron chi connectivity index (χ2n) is 5.90. The van der Waals surface area contributed by atoms with Crippen molar-refractivity contribution in [3.05, 3.63) is 64.7 Å². The van der Waals surface area contributed by atoms with E-state index in [2.05, 4.69) is 4.98 Å². The zero-order valence-electron chi connectivity index (χ0n) is 14.6. The lowest BCUT2D eigenvalue weighted by Crippen LogP contribution is -2.33. The molecule has 0 radical (unpaired) electrons. The Kier molecular flexibility index (Phi) is 5.46. The molecular weight excluding hydrogens is 374 g/mol. The molecule has 0 aliphatic carbocycles. The van der Waals surface area contributed by atoms with Crippen molar-refractivity contribution in [1.82, 2.24) is 9.88 Å². The maximum absolute atomic E-state index is 13.6. The summed E-state index contributed by atoms with van der Waals surface area (Å²) in [7, 11) is 1.57. The van der Waals surface area contributed by atoms with E-state index in [9.17, 15) is 18.4 Å². The van der Waals surface area contributed by atoms with Gasteiger partial charge in [-0.05, 0) is 31.2 Å². The van der Waals surface area contributed by atoms with Crippen LogP contribution in [0.25, 0.3) is 10.2 Å². The van der Waals surface area contributed by atoms with E-state index >= 15 is 0 Å². The lowest BCUT2D eigenvalue weighted by Gasteiger charge is -2.23. The summed E-state index contributed by atoms with van der Waals surface area (Å²) in [6.07, 6.45) is 0. The first-order valence-electron chi connectivity index (χ1n) is 8.10. The number of amides is 1. The van der Waals surface area contributed by atoms with E-state index in [1.54, 1.807) is 7.05 Å². The fourth-order valence-electron chi connectivity index (χ4n) is 2.41. The molecule has 0 bridgehead atoms. The number of halogens is 2. The molecular formula is C19H16F2N2O3S. The summed E-state index contributed by atoms with van der Waals surface area (Å²) in [5.74, 6) is -3.33. The van der Waals surface area contributed by atoms with Crippen molar-refractivity contribution < 1.29 is 23.1 Å². The molecule has 0 fully saturated rings. The molecule has 5 nitrogen and oxygen atoms in total. The van der Waals surface area contributed by atoms with Crippen LogP contribution in [0.15, 0.2) is 42.5 Å². The van der Waals surface area contributed by atoms with Crippen molar-refractivity contribution in [1.29, 1.82) is 0 Å². The average molecular weight is 390 g/mol. The van der Waals surface area contributed by atoms with E-state index in [0.29, 0.717) is 6.07 Å². The summed E-state index contributed by atoms with van der Waals surface area (Å²) in [5, 5.41) is 0.753. The smallest absolute Gasteiger partial charge is 0.341 e. The zero-order valence-corrected chi connectivity index (χ0v) is 15.4. The SMILES string of the molecule is C[C@@H](c1nc2ccccc2s1)N(C)C(=O)COC(=O)c1ccc(F)cc1F. The monoisotopic (exact) mass is 390 g/mol. The van der Waals surface area contributed by atoms with Crippen LogP contribution < -0.4 is 0 Å². The molecule has 3 aromatic rings. The van der Waals surface area contributed by atoms with Gasteiger partial charge in [0.05, 0.1) is 21.8 Å². The number of nitrogens with zero attached hydrogens (tertiary/aromatic N) is 2. The predicted molar refractivity (Wildman–Crippen MR) is 97.4 cm³/mol. The Hall–Kier alpha value is -2.87. The van der Waals surface area contributed by atoms with Gasteiger partial charge < -0.3 is 9.64 Å². The van der Waals surface area contributed by atoms with E-state index in [1.165, 1.54) is 16.2 Å². The number of hydrogen-bond acceptors (Lipinski definition) is 5. The van der Waals surface area contributed by atoms with Gasteiger partial charge in [0.15, 0.2) is 6.61 Å². The summed E-state index contributed by atoms with van der Waals surface area (Å²) < 4.78 is 32.4. The number of ether oxygens (including phenoxy) is 1. The van der Waals surface area contributed by atoms with Gasteiger partial charge >= 0.3 is 5.97 Å². The largest absolute Gasteiger partial charge is 0.452 e. The summed E-state index contributed by atoms with van der Waals surface area (Å²) in [6, 6.07) is 9.83. The van der Waals surface area contributed by atoms with Crippen LogP contribution in [0.3, 0.4) is 0 Å². The summed E-state index contributed by atoms with van der Waals surface area (Å²) in [5.41, 5.74) is 0.425. The first-order valence-corrected chi connectivity index (χ1v) is 8.91. The number of carbonyl (C=O) groups excluding carboxylic acids is 2. The zero-order chi connectivity index (χ0) is 19.6. The highest BCUT2D eigenvalue weighted by Gasteiger charge is 2.22. The summed E-state index contributed by atoms with van der Waals surface area (Å²) in [6.45, 7) is 1.26. The van der Waals surface area contributed by atoms with Crippen LogP contribution in [0.2, 0.25) is 0 Å². The molecule has 0 spiro atoms. The van der Waals surface area contributed by atoms with Gasteiger partial charge in [-0.25, -0.2) is 18.6 Å².